The van der Waals surface area contributed by atoms with Gasteiger partial charge in [0.05, 0.1) is 10.1 Å². The molecule has 0 radical (unpaired) electrons. The largest absolute Gasteiger partial charge is 0.334 e. The summed E-state index contributed by atoms with van der Waals surface area (Å²) in [6, 6.07) is 9.93. The van der Waals surface area contributed by atoms with Crippen molar-refractivity contribution < 1.29 is 13.2 Å². The van der Waals surface area contributed by atoms with Crippen LogP contribution in [0.2, 0.25) is 0 Å². The lowest BCUT2D eigenvalue weighted by molar-refractivity contribution is 0.197. The summed E-state index contributed by atoms with van der Waals surface area (Å²) in [6.07, 6.45) is 13.5. The number of carbonyl (C=O) groups excluding carboxylic acids is 1. The Hall–Kier alpha value is -2.41. The first-order valence-corrected chi connectivity index (χ1v) is 13.3. The van der Waals surface area contributed by atoms with Crippen LogP contribution in [0, 0.1) is 11.8 Å². The fraction of sp³-hybridized carbons (Fsp3) is 0.520. The summed E-state index contributed by atoms with van der Waals surface area (Å²) in [5.41, 5.74) is 1.47. The predicted octanol–water partition coefficient (Wildman–Crippen LogP) is 5.32. The number of pyridine rings is 1. The average Bonchev–Trinajstić information content (AvgIpc) is 2.84. The number of urea groups is 1. The van der Waals surface area contributed by atoms with Crippen LogP contribution in [0.25, 0.3) is 0 Å². The molecule has 2 aromatic rings. The third-order valence-electron chi connectivity index (χ3n) is 7.04. The summed E-state index contributed by atoms with van der Waals surface area (Å²) >= 11 is 0. The van der Waals surface area contributed by atoms with E-state index in [1.165, 1.54) is 38.5 Å². The minimum atomic E-state index is -3.36. The summed E-state index contributed by atoms with van der Waals surface area (Å²) in [7, 11) is -3.36. The van der Waals surface area contributed by atoms with E-state index in [9.17, 15) is 13.2 Å². The number of aromatic nitrogens is 1. The molecule has 2 aliphatic rings. The number of benzene rings is 1. The van der Waals surface area contributed by atoms with E-state index < -0.39 is 9.84 Å². The SMILES string of the molecule is O=C(NCc1cccnc1)Nc1ccc(S(=O)(=O)C2CCCC(C3CCCCC3)C2)cc1. The second-order valence-electron chi connectivity index (χ2n) is 9.19. The number of nitrogens with zero attached hydrogens (tertiary/aromatic N) is 1. The lowest BCUT2D eigenvalue weighted by atomic mass is 9.73. The normalized spacial score (nSPS) is 22.2. The van der Waals surface area contributed by atoms with E-state index in [1.807, 2.05) is 12.1 Å². The predicted molar refractivity (Wildman–Crippen MR) is 126 cm³/mol. The maximum absolute atomic E-state index is 13.3. The molecular weight excluding hydrogens is 422 g/mol. The maximum Gasteiger partial charge on any atom is 0.319 e. The second kappa shape index (κ2) is 10.5. The molecule has 32 heavy (non-hydrogen) atoms. The Labute approximate surface area is 191 Å². The van der Waals surface area contributed by atoms with Gasteiger partial charge >= 0.3 is 6.03 Å². The molecule has 0 saturated heterocycles. The van der Waals surface area contributed by atoms with Crippen LogP contribution in [-0.2, 0) is 16.4 Å². The Kier molecular flexibility index (Phi) is 7.45. The minimum absolute atomic E-state index is 0.287. The van der Waals surface area contributed by atoms with Crippen molar-refractivity contribution in [3.05, 3.63) is 54.4 Å². The van der Waals surface area contributed by atoms with E-state index in [4.69, 9.17) is 0 Å². The Balaban J connectivity index is 1.34. The molecule has 0 aliphatic heterocycles. The van der Waals surface area contributed by atoms with Crippen molar-refractivity contribution in [3.8, 4) is 0 Å². The van der Waals surface area contributed by atoms with E-state index in [-0.39, 0.29) is 11.3 Å². The zero-order chi connectivity index (χ0) is 22.4. The number of hydrogen-bond donors (Lipinski definition) is 2. The van der Waals surface area contributed by atoms with Gasteiger partial charge in [-0.05, 0) is 60.6 Å². The van der Waals surface area contributed by atoms with Crippen LogP contribution in [0.5, 0.6) is 0 Å². The van der Waals surface area contributed by atoms with Crippen LogP contribution >= 0.6 is 0 Å². The molecule has 2 aliphatic carbocycles. The summed E-state index contributed by atoms with van der Waals surface area (Å²) in [5, 5.41) is 5.24. The van der Waals surface area contributed by atoms with Gasteiger partial charge < -0.3 is 10.6 Å². The van der Waals surface area contributed by atoms with E-state index in [0.717, 1.165) is 24.8 Å². The third-order valence-corrected chi connectivity index (χ3v) is 9.27. The Morgan fingerprint density at radius 2 is 1.69 bits per heavy atom. The first-order chi connectivity index (χ1) is 15.5. The maximum atomic E-state index is 13.3. The van der Waals surface area contributed by atoms with Crippen LogP contribution in [0.4, 0.5) is 10.5 Å². The van der Waals surface area contributed by atoms with Crippen LogP contribution in [0.3, 0.4) is 0 Å². The van der Waals surface area contributed by atoms with Gasteiger partial charge in [-0.1, -0.05) is 51.0 Å². The van der Waals surface area contributed by atoms with Gasteiger partial charge in [-0.3, -0.25) is 4.98 Å². The molecule has 2 fully saturated rings. The molecule has 2 saturated carbocycles. The number of carbonyl (C=O) groups is 1. The fourth-order valence-electron chi connectivity index (χ4n) is 5.28. The second-order valence-corrected chi connectivity index (χ2v) is 11.4. The molecule has 0 bridgehead atoms. The fourth-order valence-corrected chi connectivity index (χ4v) is 7.16. The van der Waals surface area contributed by atoms with Gasteiger partial charge in [0.25, 0.3) is 0 Å². The van der Waals surface area contributed by atoms with Crippen LogP contribution in [-0.4, -0.2) is 24.7 Å². The molecule has 6 nitrogen and oxygen atoms in total. The highest BCUT2D eigenvalue weighted by molar-refractivity contribution is 7.92. The van der Waals surface area contributed by atoms with Crippen molar-refractivity contribution in [1.29, 1.82) is 0 Å². The zero-order valence-corrected chi connectivity index (χ0v) is 19.3. The van der Waals surface area contributed by atoms with Crippen molar-refractivity contribution in [2.45, 2.75) is 74.5 Å². The summed E-state index contributed by atoms with van der Waals surface area (Å²) in [4.78, 5) is 16.5. The lowest BCUT2D eigenvalue weighted by Gasteiger charge is -2.36. The van der Waals surface area contributed by atoms with Crippen molar-refractivity contribution in [3.63, 3.8) is 0 Å². The summed E-state index contributed by atoms with van der Waals surface area (Å²) in [5.74, 6) is 1.26. The number of sulfone groups is 1. The molecule has 1 heterocycles. The minimum Gasteiger partial charge on any atom is -0.334 e. The van der Waals surface area contributed by atoms with E-state index >= 15 is 0 Å². The Morgan fingerprint density at radius 1 is 0.938 bits per heavy atom. The average molecular weight is 456 g/mol. The Bertz CT molecular complexity index is 987. The third kappa shape index (κ3) is 5.68. The topological polar surface area (TPSA) is 88.2 Å². The van der Waals surface area contributed by atoms with Crippen molar-refractivity contribution in [1.82, 2.24) is 10.3 Å². The molecule has 2 unspecified atom stereocenters. The standard InChI is InChI=1S/C25H33N3O3S/c29-25(27-18-19-6-5-15-26-17-19)28-22-11-13-23(14-12-22)32(30,31)24-10-4-9-21(16-24)20-7-2-1-3-8-20/h5-6,11-15,17,20-21,24H,1-4,7-10,16,18H2,(H2,27,28,29). The van der Waals surface area contributed by atoms with Gasteiger partial charge in [-0.2, -0.15) is 0 Å². The molecule has 2 N–H and O–H groups in total. The number of amides is 2. The molecule has 0 spiro atoms. The first-order valence-electron chi connectivity index (χ1n) is 11.8. The quantitative estimate of drug-likeness (QED) is 0.617. The van der Waals surface area contributed by atoms with Crippen molar-refractivity contribution >= 4 is 21.6 Å². The highest BCUT2D eigenvalue weighted by Crippen LogP contribution is 2.41. The van der Waals surface area contributed by atoms with Gasteiger partial charge in [0.15, 0.2) is 9.84 Å². The van der Waals surface area contributed by atoms with Gasteiger partial charge in [0.1, 0.15) is 0 Å². The van der Waals surface area contributed by atoms with E-state index in [2.05, 4.69) is 15.6 Å². The molecular formula is C25H33N3O3S. The zero-order valence-electron chi connectivity index (χ0n) is 18.5. The Morgan fingerprint density at radius 3 is 2.41 bits per heavy atom. The lowest BCUT2D eigenvalue weighted by Crippen LogP contribution is -2.32. The van der Waals surface area contributed by atoms with Crippen molar-refractivity contribution in [2.24, 2.45) is 11.8 Å². The molecule has 2 amide bonds. The first kappa shape index (κ1) is 22.8. The number of nitrogens with one attached hydrogen (secondary N) is 2. The van der Waals surface area contributed by atoms with Gasteiger partial charge in [0.2, 0.25) is 0 Å². The van der Waals surface area contributed by atoms with E-state index in [1.54, 1.807) is 36.7 Å². The number of rotatable bonds is 6. The number of anilines is 1. The summed E-state index contributed by atoms with van der Waals surface area (Å²) < 4.78 is 26.6. The summed E-state index contributed by atoms with van der Waals surface area (Å²) in [6.45, 7) is 0.371. The molecule has 2 atom stereocenters. The van der Waals surface area contributed by atoms with Gasteiger partial charge in [-0.25, -0.2) is 13.2 Å². The highest BCUT2D eigenvalue weighted by Gasteiger charge is 2.36. The van der Waals surface area contributed by atoms with Gasteiger partial charge in [-0.15, -0.1) is 0 Å². The van der Waals surface area contributed by atoms with Crippen LogP contribution in [0.15, 0.2) is 53.7 Å². The van der Waals surface area contributed by atoms with Crippen molar-refractivity contribution in [2.75, 3.05) is 5.32 Å². The molecule has 1 aromatic carbocycles. The smallest absolute Gasteiger partial charge is 0.319 e. The number of hydrogen-bond acceptors (Lipinski definition) is 4. The highest BCUT2D eigenvalue weighted by atomic mass is 32.2. The molecule has 7 heteroatoms. The molecule has 4 rings (SSSR count). The molecule has 1 aromatic heterocycles. The molecule has 172 valence electrons. The van der Waals surface area contributed by atoms with Gasteiger partial charge in [0, 0.05) is 24.6 Å². The monoisotopic (exact) mass is 455 g/mol. The van der Waals surface area contributed by atoms with Crippen LogP contribution < -0.4 is 10.6 Å². The van der Waals surface area contributed by atoms with Crippen LogP contribution in [0.1, 0.15) is 63.4 Å². The van der Waals surface area contributed by atoms with E-state index in [0.29, 0.717) is 29.0 Å².